The summed E-state index contributed by atoms with van der Waals surface area (Å²) in [5.41, 5.74) is -0.419. The maximum atomic E-state index is 10.5. The summed E-state index contributed by atoms with van der Waals surface area (Å²) in [7, 11) is 0. The summed E-state index contributed by atoms with van der Waals surface area (Å²) in [4.78, 5) is 0. The van der Waals surface area contributed by atoms with Gasteiger partial charge >= 0.3 is 0 Å². The fourth-order valence-electron chi connectivity index (χ4n) is 2.07. The highest BCUT2D eigenvalue weighted by molar-refractivity contribution is 4.84. The Balaban J connectivity index is 4.36. The monoisotopic (exact) mass is 186 g/mol. The van der Waals surface area contributed by atoms with E-state index in [1.807, 2.05) is 0 Å². The molecule has 0 radical (unpaired) electrons. The summed E-state index contributed by atoms with van der Waals surface area (Å²) >= 11 is 0. The van der Waals surface area contributed by atoms with Crippen molar-refractivity contribution in [3.63, 3.8) is 0 Å². The molecule has 1 unspecified atom stereocenters. The van der Waals surface area contributed by atoms with Crippen LogP contribution in [0, 0.1) is 11.8 Å². The average molecular weight is 186 g/mol. The molecule has 1 atom stereocenters. The number of aliphatic hydroxyl groups is 1. The molecule has 0 heterocycles. The Morgan fingerprint density at radius 1 is 1.00 bits per heavy atom. The van der Waals surface area contributed by atoms with E-state index in [1.54, 1.807) is 0 Å². The molecule has 1 heteroatoms. The topological polar surface area (TPSA) is 20.2 Å². The Morgan fingerprint density at radius 3 is 1.62 bits per heavy atom. The van der Waals surface area contributed by atoms with E-state index in [0.29, 0.717) is 11.8 Å². The molecule has 0 amide bonds. The lowest BCUT2D eigenvalue weighted by atomic mass is 9.76. The van der Waals surface area contributed by atoms with Gasteiger partial charge in [0.15, 0.2) is 0 Å². The summed E-state index contributed by atoms with van der Waals surface area (Å²) in [6.45, 7) is 10.9. The first-order valence-electron chi connectivity index (χ1n) is 5.70. The van der Waals surface area contributed by atoms with Gasteiger partial charge in [-0.05, 0) is 24.7 Å². The lowest BCUT2D eigenvalue weighted by molar-refractivity contribution is -0.0446. The third-order valence-corrected chi connectivity index (χ3v) is 3.21. The second-order valence-electron chi connectivity index (χ2n) is 4.64. The molecule has 0 aliphatic rings. The summed E-state index contributed by atoms with van der Waals surface area (Å²) in [6, 6.07) is 0. The van der Waals surface area contributed by atoms with Crippen molar-refractivity contribution in [3.05, 3.63) is 0 Å². The zero-order chi connectivity index (χ0) is 10.5. The molecular weight excluding hydrogens is 160 g/mol. The van der Waals surface area contributed by atoms with Crippen molar-refractivity contribution in [2.45, 2.75) is 65.9 Å². The Labute approximate surface area is 83.5 Å². The molecule has 80 valence electrons. The molecule has 0 aliphatic heterocycles. The maximum absolute atomic E-state index is 10.5. The van der Waals surface area contributed by atoms with E-state index in [4.69, 9.17) is 0 Å². The van der Waals surface area contributed by atoms with Gasteiger partial charge in [0.2, 0.25) is 0 Å². The van der Waals surface area contributed by atoms with E-state index >= 15 is 0 Å². The summed E-state index contributed by atoms with van der Waals surface area (Å²) in [5, 5.41) is 10.5. The van der Waals surface area contributed by atoms with Crippen LogP contribution in [0.2, 0.25) is 0 Å². The molecule has 0 aliphatic carbocycles. The third kappa shape index (κ3) is 3.68. The van der Waals surface area contributed by atoms with Crippen molar-refractivity contribution in [1.82, 2.24) is 0 Å². The Bertz CT molecular complexity index is 123. The zero-order valence-corrected chi connectivity index (χ0v) is 9.93. The van der Waals surface area contributed by atoms with Crippen LogP contribution in [-0.2, 0) is 0 Å². The minimum Gasteiger partial charge on any atom is -0.390 e. The quantitative estimate of drug-likeness (QED) is 0.672. The summed E-state index contributed by atoms with van der Waals surface area (Å²) in [6.07, 6.45) is 4.04. The molecule has 0 saturated heterocycles. The van der Waals surface area contributed by atoms with Crippen LogP contribution in [0.25, 0.3) is 0 Å². The Kier molecular flexibility index (Phi) is 5.62. The highest BCUT2D eigenvalue weighted by Crippen LogP contribution is 2.32. The van der Waals surface area contributed by atoms with E-state index in [9.17, 15) is 5.11 Å². The molecule has 0 spiro atoms. The predicted octanol–water partition coefficient (Wildman–Crippen LogP) is 3.61. The van der Waals surface area contributed by atoms with Crippen molar-refractivity contribution in [3.8, 4) is 0 Å². The van der Waals surface area contributed by atoms with Crippen LogP contribution < -0.4 is 0 Å². The van der Waals surface area contributed by atoms with Crippen LogP contribution in [0.4, 0.5) is 0 Å². The van der Waals surface area contributed by atoms with Gasteiger partial charge in [0.25, 0.3) is 0 Å². The Hall–Kier alpha value is -0.0400. The van der Waals surface area contributed by atoms with Gasteiger partial charge in [0, 0.05) is 0 Å². The first kappa shape index (κ1) is 13.0. The predicted molar refractivity (Wildman–Crippen MR) is 58.8 cm³/mol. The molecule has 0 fully saturated rings. The van der Waals surface area contributed by atoms with Gasteiger partial charge in [-0.3, -0.25) is 0 Å². The molecule has 0 aromatic heterocycles. The molecule has 0 saturated carbocycles. The van der Waals surface area contributed by atoms with E-state index in [2.05, 4.69) is 34.6 Å². The minimum absolute atomic E-state index is 0.410. The first-order valence-corrected chi connectivity index (χ1v) is 5.70. The SMILES string of the molecule is CCCC(O)(CCC)C(C)C(C)C. The van der Waals surface area contributed by atoms with E-state index < -0.39 is 5.60 Å². The summed E-state index contributed by atoms with van der Waals surface area (Å²) in [5.74, 6) is 0.982. The highest BCUT2D eigenvalue weighted by Gasteiger charge is 2.33. The zero-order valence-electron chi connectivity index (χ0n) is 9.93. The van der Waals surface area contributed by atoms with Crippen molar-refractivity contribution in [2.24, 2.45) is 11.8 Å². The average Bonchev–Trinajstić information content (AvgIpc) is 2.03. The molecule has 1 nitrogen and oxygen atoms in total. The second-order valence-corrected chi connectivity index (χ2v) is 4.64. The first-order chi connectivity index (χ1) is 5.98. The van der Waals surface area contributed by atoms with Crippen LogP contribution in [-0.4, -0.2) is 10.7 Å². The van der Waals surface area contributed by atoms with Crippen molar-refractivity contribution < 1.29 is 5.11 Å². The maximum Gasteiger partial charge on any atom is 0.0675 e. The van der Waals surface area contributed by atoms with Gasteiger partial charge in [-0.25, -0.2) is 0 Å². The normalized spacial score (nSPS) is 15.0. The standard InChI is InChI=1S/C12H26O/c1-6-8-12(13,9-7-2)11(5)10(3)4/h10-11,13H,6-9H2,1-5H3. The lowest BCUT2D eigenvalue weighted by Gasteiger charge is -2.36. The Morgan fingerprint density at radius 2 is 1.38 bits per heavy atom. The van der Waals surface area contributed by atoms with Gasteiger partial charge in [0.1, 0.15) is 0 Å². The van der Waals surface area contributed by atoms with Gasteiger partial charge < -0.3 is 5.11 Å². The molecule has 0 rings (SSSR count). The number of hydrogen-bond acceptors (Lipinski definition) is 1. The number of hydrogen-bond donors (Lipinski definition) is 1. The van der Waals surface area contributed by atoms with E-state index in [1.165, 1.54) is 0 Å². The van der Waals surface area contributed by atoms with E-state index in [-0.39, 0.29) is 0 Å². The van der Waals surface area contributed by atoms with Crippen LogP contribution in [0.5, 0.6) is 0 Å². The van der Waals surface area contributed by atoms with Gasteiger partial charge in [-0.1, -0.05) is 47.5 Å². The molecule has 1 N–H and O–H groups in total. The number of rotatable bonds is 6. The molecular formula is C12H26O. The highest BCUT2D eigenvalue weighted by atomic mass is 16.3. The molecule has 0 aromatic rings. The largest absolute Gasteiger partial charge is 0.390 e. The van der Waals surface area contributed by atoms with Crippen molar-refractivity contribution in [1.29, 1.82) is 0 Å². The van der Waals surface area contributed by atoms with Crippen molar-refractivity contribution in [2.75, 3.05) is 0 Å². The molecule has 13 heavy (non-hydrogen) atoms. The van der Waals surface area contributed by atoms with Crippen molar-refractivity contribution >= 4 is 0 Å². The smallest absolute Gasteiger partial charge is 0.0675 e. The van der Waals surface area contributed by atoms with Crippen LogP contribution in [0.15, 0.2) is 0 Å². The lowest BCUT2D eigenvalue weighted by Crippen LogP contribution is -2.38. The van der Waals surface area contributed by atoms with Crippen LogP contribution in [0.3, 0.4) is 0 Å². The minimum atomic E-state index is -0.419. The fraction of sp³-hybridized carbons (Fsp3) is 1.00. The second kappa shape index (κ2) is 5.64. The summed E-state index contributed by atoms with van der Waals surface area (Å²) < 4.78 is 0. The molecule has 0 bridgehead atoms. The third-order valence-electron chi connectivity index (χ3n) is 3.21. The van der Waals surface area contributed by atoms with E-state index in [0.717, 1.165) is 25.7 Å². The van der Waals surface area contributed by atoms with Gasteiger partial charge in [-0.2, -0.15) is 0 Å². The van der Waals surface area contributed by atoms with Crippen LogP contribution >= 0.6 is 0 Å². The van der Waals surface area contributed by atoms with Gasteiger partial charge in [0.05, 0.1) is 5.60 Å². The van der Waals surface area contributed by atoms with Gasteiger partial charge in [-0.15, -0.1) is 0 Å². The van der Waals surface area contributed by atoms with Crippen LogP contribution in [0.1, 0.15) is 60.3 Å². The molecule has 0 aromatic carbocycles. The fourth-order valence-corrected chi connectivity index (χ4v) is 2.07.